The molecule has 0 atom stereocenters. The smallest absolute Gasteiger partial charge is 0.113 e. The Labute approximate surface area is 98.1 Å². The van der Waals surface area contributed by atoms with Crippen molar-refractivity contribution < 1.29 is 4.74 Å². The summed E-state index contributed by atoms with van der Waals surface area (Å²) >= 11 is 0. The van der Waals surface area contributed by atoms with Crippen molar-refractivity contribution in [3.63, 3.8) is 0 Å². The Bertz CT molecular complexity index is 402. The van der Waals surface area contributed by atoms with E-state index in [1.54, 1.807) is 6.26 Å². The highest BCUT2D eigenvalue weighted by atomic mass is 16.5. The molecular weight excluding hydrogens is 196 g/mol. The van der Waals surface area contributed by atoms with Crippen LogP contribution in [0.2, 0.25) is 0 Å². The van der Waals surface area contributed by atoms with Crippen molar-refractivity contribution in [2.45, 2.75) is 45.6 Å². The topological polar surface area (TPSA) is 9.23 Å². The fourth-order valence-electron chi connectivity index (χ4n) is 2.34. The first-order valence-electron chi connectivity index (χ1n) is 6.05. The maximum Gasteiger partial charge on any atom is 0.113 e. The molecule has 0 aliphatic carbocycles. The first-order valence-corrected chi connectivity index (χ1v) is 6.05. The van der Waals surface area contributed by atoms with Gasteiger partial charge in [-0.15, -0.1) is 0 Å². The lowest BCUT2D eigenvalue weighted by Gasteiger charge is -2.26. The summed E-state index contributed by atoms with van der Waals surface area (Å²) in [5.41, 5.74) is 4.30. The van der Waals surface area contributed by atoms with Gasteiger partial charge < -0.3 is 4.74 Å². The highest BCUT2D eigenvalue weighted by Gasteiger charge is 2.20. The van der Waals surface area contributed by atoms with Gasteiger partial charge in [-0.3, -0.25) is 0 Å². The molecule has 2 rings (SSSR count). The molecule has 0 unspecified atom stereocenters. The average Bonchev–Trinajstić information content (AvgIpc) is 2.28. The zero-order valence-electron chi connectivity index (χ0n) is 10.4. The summed E-state index contributed by atoms with van der Waals surface area (Å²) in [6.07, 6.45) is 6.26. The molecule has 0 amide bonds. The lowest BCUT2D eigenvalue weighted by Crippen LogP contribution is -2.17. The highest BCUT2D eigenvalue weighted by molar-refractivity contribution is 5.55. The second kappa shape index (κ2) is 4.32. The zero-order valence-corrected chi connectivity index (χ0v) is 10.4. The van der Waals surface area contributed by atoms with Gasteiger partial charge in [0.25, 0.3) is 0 Å². The Balaban J connectivity index is 2.33. The third-order valence-corrected chi connectivity index (χ3v) is 3.38. The Morgan fingerprint density at radius 2 is 2.12 bits per heavy atom. The molecule has 1 nitrogen and oxygen atoms in total. The second-order valence-corrected chi connectivity index (χ2v) is 5.16. The summed E-state index contributed by atoms with van der Waals surface area (Å²) in [4.78, 5) is 0. The van der Waals surface area contributed by atoms with Gasteiger partial charge in [-0.2, -0.15) is 0 Å². The summed E-state index contributed by atoms with van der Waals surface area (Å²) in [5, 5.41) is 0. The monoisotopic (exact) mass is 216 g/mol. The van der Waals surface area contributed by atoms with Crippen LogP contribution in [0.4, 0.5) is 0 Å². The van der Waals surface area contributed by atoms with Gasteiger partial charge in [-0.1, -0.05) is 45.4 Å². The fourth-order valence-corrected chi connectivity index (χ4v) is 2.34. The largest absolute Gasteiger partial charge is 0.496 e. The molecule has 0 saturated heterocycles. The first-order chi connectivity index (χ1) is 7.63. The molecule has 1 aliphatic rings. The molecule has 0 fully saturated rings. The van der Waals surface area contributed by atoms with Crippen molar-refractivity contribution in [1.29, 1.82) is 0 Å². The Morgan fingerprint density at radius 1 is 1.31 bits per heavy atom. The predicted octanol–water partition coefficient (Wildman–Crippen LogP) is 4.27. The third kappa shape index (κ3) is 2.13. The lowest BCUT2D eigenvalue weighted by atomic mass is 9.79. The molecule has 0 bridgehead atoms. The van der Waals surface area contributed by atoms with E-state index in [-0.39, 0.29) is 5.41 Å². The molecule has 0 spiro atoms. The van der Waals surface area contributed by atoms with Crippen LogP contribution in [-0.4, -0.2) is 0 Å². The van der Waals surface area contributed by atoms with Crippen molar-refractivity contribution in [2.24, 2.45) is 0 Å². The average molecular weight is 216 g/mol. The van der Waals surface area contributed by atoms with Gasteiger partial charge in [0, 0.05) is 0 Å². The molecule has 0 N–H and O–H groups in total. The van der Waals surface area contributed by atoms with E-state index in [2.05, 4.69) is 39.0 Å². The van der Waals surface area contributed by atoms with Crippen LogP contribution >= 0.6 is 0 Å². The van der Waals surface area contributed by atoms with Gasteiger partial charge in [0.2, 0.25) is 0 Å². The second-order valence-electron chi connectivity index (χ2n) is 5.16. The summed E-state index contributed by atoms with van der Waals surface area (Å²) in [7, 11) is 0. The quantitative estimate of drug-likeness (QED) is 0.733. The van der Waals surface area contributed by atoms with E-state index in [1.165, 1.54) is 29.5 Å². The molecule has 16 heavy (non-hydrogen) atoms. The normalized spacial score (nSPS) is 14.4. The molecular formula is C15H20O. The Morgan fingerprint density at radius 3 is 2.88 bits per heavy atom. The van der Waals surface area contributed by atoms with Crippen LogP contribution in [0.3, 0.4) is 0 Å². The fraction of sp³-hybridized carbons (Fsp3) is 0.467. The number of hydrogen-bond donors (Lipinski definition) is 0. The molecule has 86 valence electrons. The standard InChI is InChI=1S/C15H20O/c1-4-8-15(2,3)14-6-5-12-7-9-16-11-13(12)10-14/h5-7,9-10H,4,8,11H2,1-3H3. The molecule has 0 aromatic heterocycles. The number of ether oxygens (including phenoxy) is 1. The van der Waals surface area contributed by atoms with Crippen LogP contribution in [0.5, 0.6) is 0 Å². The Kier molecular flexibility index (Phi) is 3.04. The SMILES string of the molecule is CCCC(C)(C)c1ccc2c(c1)COC=C2. The molecule has 0 saturated carbocycles. The van der Waals surface area contributed by atoms with Crippen LogP contribution in [0, 0.1) is 0 Å². The minimum Gasteiger partial charge on any atom is -0.496 e. The maximum atomic E-state index is 5.34. The van der Waals surface area contributed by atoms with E-state index in [4.69, 9.17) is 4.74 Å². The minimum atomic E-state index is 0.269. The van der Waals surface area contributed by atoms with E-state index in [1.807, 2.05) is 6.08 Å². The van der Waals surface area contributed by atoms with E-state index in [9.17, 15) is 0 Å². The summed E-state index contributed by atoms with van der Waals surface area (Å²) in [5.74, 6) is 0. The van der Waals surface area contributed by atoms with Gasteiger partial charge in [-0.05, 0) is 34.6 Å². The molecule has 1 aromatic carbocycles. The summed E-state index contributed by atoms with van der Waals surface area (Å²) in [6, 6.07) is 6.76. The van der Waals surface area contributed by atoms with Crippen molar-refractivity contribution >= 4 is 6.08 Å². The number of rotatable bonds is 3. The van der Waals surface area contributed by atoms with Crippen molar-refractivity contribution in [3.8, 4) is 0 Å². The maximum absolute atomic E-state index is 5.34. The number of hydrogen-bond acceptors (Lipinski definition) is 1. The molecule has 0 radical (unpaired) electrons. The van der Waals surface area contributed by atoms with E-state index in [0.717, 1.165) is 0 Å². The van der Waals surface area contributed by atoms with Crippen LogP contribution < -0.4 is 0 Å². The van der Waals surface area contributed by atoms with Crippen LogP contribution in [0.1, 0.15) is 50.3 Å². The van der Waals surface area contributed by atoms with Crippen molar-refractivity contribution in [3.05, 3.63) is 41.2 Å². The van der Waals surface area contributed by atoms with Gasteiger partial charge in [0.1, 0.15) is 6.61 Å². The van der Waals surface area contributed by atoms with Gasteiger partial charge in [-0.25, -0.2) is 0 Å². The zero-order chi connectivity index (χ0) is 11.6. The Hall–Kier alpha value is -1.24. The van der Waals surface area contributed by atoms with Gasteiger partial charge in [0.15, 0.2) is 0 Å². The third-order valence-electron chi connectivity index (χ3n) is 3.38. The molecule has 1 heteroatoms. The molecule has 1 aliphatic heterocycles. The number of benzene rings is 1. The predicted molar refractivity (Wildman–Crippen MR) is 68.2 cm³/mol. The minimum absolute atomic E-state index is 0.269. The van der Waals surface area contributed by atoms with E-state index in [0.29, 0.717) is 6.61 Å². The van der Waals surface area contributed by atoms with Gasteiger partial charge in [0.05, 0.1) is 6.26 Å². The van der Waals surface area contributed by atoms with Crippen molar-refractivity contribution in [1.82, 2.24) is 0 Å². The lowest BCUT2D eigenvalue weighted by molar-refractivity contribution is 0.234. The summed E-state index contributed by atoms with van der Waals surface area (Å²) < 4.78 is 5.34. The highest BCUT2D eigenvalue weighted by Crippen LogP contribution is 2.31. The first kappa shape index (κ1) is 11.3. The van der Waals surface area contributed by atoms with Crippen LogP contribution in [0.25, 0.3) is 6.08 Å². The number of fused-ring (bicyclic) bond motifs is 1. The van der Waals surface area contributed by atoms with Crippen LogP contribution in [0.15, 0.2) is 24.5 Å². The van der Waals surface area contributed by atoms with Crippen molar-refractivity contribution in [2.75, 3.05) is 0 Å². The van der Waals surface area contributed by atoms with E-state index < -0.39 is 0 Å². The summed E-state index contributed by atoms with van der Waals surface area (Å²) in [6.45, 7) is 7.59. The molecule has 1 heterocycles. The molecule has 1 aromatic rings. The van der Waals surface area contributed by atoms with E-state index >= 15 is 0 Å². The van der Waals surface area contributed by atoms with Gasteiger partial charge >= 0.3 is 0 Å². The van der Waals surface area contributed by atoms with Crippen LogP contribution in [-0.2, 0) is 16.8 Å².